The number of carbonyl (C=O) groups is 1. The van der Waals surface area contributed by atoms with Crippen LogP contribution in [-0.2, 0) is 9.53 Å². The van der Waals surface area contributed by atoms with Crippen molar-refractivity contribution in [2.75, 3.05) is 18.1 Å². The van der Waals surface area contributed by atoms with Crippen molar-refractivity contribution >= 4 is 17.2 Å². The van der Waals surface area contributed by atoms with Crippen LogP contribution in [0.3, 0.4) is 0 Å². The molecular formula is C19H26FNO2. The lowest BCUT2D eigenvalue weighted by Crippen LogP contribution is -2.36. The number of hydrogen-bond acceptors (Lipinski definition) is 3. The number of ether oxygens (including phenoxy) is 1. The molecule has 126 valence electrons. The van der Waals surface area contributed by atoms with Crippen LogP contribution in [-0.4, -0.2) is 25.2 Å². The minimum Gasteiger partial charge on any atom is -0.461 e. The first-order valence-corrected chi connectivity index (χ1v) is 8.31. The van der Waals surface area contributed by atoms with Gasteiger partial charge in [0.25, 0.3) is 0 Å². The van der Waals surface area contributed by atoms with Gasteiger partial charge in [-0.2, -0.15) is 4.39 Å². The maximum Gasteiger partial charge on any atom is 0.367 e. The molecule has 0 aromatic heterocycles. The zero-order chi connectivity index (χ0) is 17.1. The molecule has 1 aromatic rings. The van der Waals surface area contributed by atoms with Crippen molar-refractivity contribution in [2.45, 2.75) is 53.0 Å². The summed E-state index contributed by atoms with van der Waals surface area (Å²) in [6.45, 7) is 11.1. The van der Waals surface area contributed by atoms with Crippen LogP contribution in [0.2, 0.25) is 0 Å². The van der Waals surface area contributed by atoms with Crippen LogP contribution >= 0.6 is 0 Å². The Kier molecular flexibility index (Phi) is 5.45. The molecule has 1 aromatic carbocycles. The van der Waals surface area contributed by atoms with Gasteiger partial charge >= 0.3 is 5.97 Å². The second-order valence-corrected chi connectivity index (χ2v) is 6.41. The number of anilines is 1. The smallest absolute Gasteiger partial charge is 0.367 e. The number of halogens is 1. The molecule has 0 saturated heterocycles. The molecule has 0 spiro atoms. The highest BCUT2D eigenvalue weighted by atomic mass is 19.1. The van der Waals surface area contributed by atoms with Crippen LogP contribution in [0.1, 0.15) is 58.1 Å². The standard InChI is InChI=1S/C19H26FNO2/c1-6-23-19(22)18(20)14(5)15-7-8-17-16(11-15)13(4)9-10-21(17)12(2)3/h7-8,11-13H,6,9-10H2,1-5H3. The molecule has 0 saturated carbocycles. The molecule has 23 heavy (non-hydrogen) atoms. The number of allylic oxidation sites excluding steroid dienone is 1. The van der Waals surface area contributed by atoms with Crippen molar-refractivity contribution in [2.24, 2.45) is 0 Å². The second-order valence-electron chi connectivity index (χ2n) is 6.41. The van der Waals surface area contributed by atoms with Gasteiger partial charge in [-0.15, -0.1) is 0 Å². The summed E-state index contributed by atoms with van der Waals surface area (Å²) in [7, 11) is 0. The topological polar surface area (TPSA) is 29.5 Å². The number of esters is 1. The fourth-order valence-corrected chi connectivity index (χ4v) is 3.06. The Bertz CT molecular complexity index is 622. The molecule has 1 atom stereocenters. The first-order valence-electron chi connectivity index (χ1n) is 8.31. The Hall–Kier alpha value is -1.84. The maximum atomic E-state index is 14.2. The van der Waals surface area contributed by atoms with E-state index in [0.717, 1.165) is 18.5 Å². The van der Waals surface area contributed by atoms with Gasteiger partial charge in [0.05, 0.1) is 6.61 Å². The predicted octanol–water partition coefficient (Wildman–Crippen LogP) is 4.67. The lowest BCUT2D eigenvalue weighted by Gasteiger charge is -2.37. The number of nitrogens with zero attached hydrogens (tertiary/aromatic N) is 1. The monoisotopic (exact) mass is 319 g/mol. The van der Waals surface area contributed by atoms with Crippen LogP contribution in [0, 0.1) is 0 Å². The summed E-state index contributed by atoms with van der Waals surface area (Å²) in [5.41, 5.74) is 3.51. The Morgan fingerprint density at radius 1 is 1.43 bits per heavy atom. The van der Waals surface area contributed by atoms with E-state index < -0.39 is 11.8 Å². The summed E-state index contributed by atoms with van der Waals surface area (Å²) in [6, 6.07) is 6.38. The normalized spacial score (nSPS) is 18.6. The van der Waals surface area contributed by atoms with Gasteiger partial charge in [-0.05, 0) is 68.9 Å². The molecular weight excluding hydrogens is 293 g/mol. The number of fused-ring (bicyclic) bond motifs is 1. The average Bonchev–Trinajstić information content (AvgIpc) is 2.53. The molecule has 0 fully saturated rings. The van der Waals surface area contributed by atoms with E-state index in [2.05, 4.69) is 25.7 Å². The van der Waals surface area contributed by atoms with Crippen molar-refractivity contribution < 1.29 is 13.9 Å². The molecule has 0 amide bonds. The van der Waals surface area contributed by atoms with E-state index >= 15 is 0 Å². The summed E-state index contributed by atoms with van der Waals surface area (Å²) >= 11 is 0. The fourth-order valence-electron chi connectivity index (χ4n) is 3.06. The van der Waals surface area contributed by atoms with Crippen LogP contribution in [0.15, 0.2) is 24.0 Å². The summed E-state index contributed by atoms with van der Waals surface area (Å²) < 4.78 is 18.9. The van der Waals surface area contributed by atoms with E-state index in [4.69, 9.17) is 4.74 Å². The SMILES string of the molecule is CCOC(=O)C(F)=C(C)c1ccc2c(c1)C(C)CCN2C(C)C. The molecule has 1 unspecified atom stereocenters. The molecule has 0 aliphatic carbocycles. The molecule has 2 rings (SSSR count). The van der Waals surface area contributed by atoms with Gasteiger partial charge in [-0.1, -0.05) is 13.0 Å². The van der Waals surface area contributed by atoms with Gasteiger partial charge in [0.15, 0.2) is 0 Å². The van der Waals surface area contributed by atoms with Crippen molar-refractivity contribution in [3.63, 3.8) is 0 Å². The average molecular weight is 319 g/mol. The van der Waals surface area contributed by atoms with Crippen molar-refractivity contribution in [3.05, 3.63) is 35.2 Å². The third kappa shape index (κ3) is 3.57. The van der Waals surface area contributed by atoms with Gasteiger partial charge in [0.1, 0.15) is 0 Å². The Balaban J connectivity index is 2.42. The summed E-state index contributed by atoms with van der Waals surface area (Å²) in [4.78, 5) is 14.0. The number of rotatable bonds is 4. The predicted molar refractivity (Wildman–Crippen MR) is 92.3 cm³/mol. The van der Waals surface area contributed by atoms with E-state index in [1.54, 1.807) is 13.8 Å². The lowest BCUT2D eigenvalue weighted by molar-refractivity contribution is -0.140. The zero-order valence-corrected chi connectivity index (χ0v) is 14.6. The highest BCUT2D eigenvalue weighted by molar-refractivity contribution is 5.95. The molecule has 0 radical (unpaired) electrons. The van der Waals surface area contributed by atoms with Crippen molar-refractivity contribution in [1.82, 2.24) is 0 Å². The maximum absolute atomic E-state index is 14.2. The third-order valence-electron chi connectivity index (χ3n) is 4.51. The number of carbonyl (C=O) groups excluding carboxylic acids is 1. The van der Waals surface area contributed by atoms with Crippen LogP contribution in [0.25, 0.3) is 5.57 Å². The molecule has 0 bridgehead atoms. The van der Waals surface area contributed by atoms with Crippen LogP contribution < -0.4 is 4.90 Å². The minimum absolute atomic E-state index is 0.171. The number of benzene rings is 1. The molecule has 3 nitrogen and oxygen atoms in total. The zero-order valence-electron chi connectivity index (χ0n) is 14.6. The molecule has 1 heterocycles. The second kappa shape index (κ2) is 7.16. The van der Waals surface area contributed by atoms with Crippen LogP contribution in [0.4, 0.5) is 10.1 Å². The summed E-state index contributed by atoms with van der Waals surface area (Å²) in [5, 5.41) is 0. The lowest BCUT2D eigenvalue weighted by atomic mass is 9.88. The molecule has 1 aliphatic rings. The van der Waals surface area contributed by atoms with Gasteiger partial charge in [0, 0.05) is 18.3 Å². The fraction of sp³-hybridized carbons (Fsp3) is 0.526. The summed E-state index contributed by atoms with van der Waals surface area (Å²) in [5.74, 6) is -1.27. The van der Waals surface area contributed by atoms with E-state index in [1.807, 2.05) is 18.2 Å². The van der Waals surface area contributed by atoms with Crippen molar-refractivity contribution in [1.29, 1.82) is 0 Å². The van der Waals surface area contributed by atoms with Gasteiger partial charge in [-0.3, -0.25) is 0 Å². The summed E-state index contributed by atoms with van der Waals surface area (Å²) in [6.07, 6.45) is 1.08. The minimum atomic E-state index is -0.889. The Labute approximate surface area is 138 Å². The van der Waals surface area contributed by atoms with E-state index in [9.17, 15) is 9.18 Å². The van der Waals surface area contributed by atoms with E-state index in [0.29, 0.717) is 17.5 Å². The Morgan fingerprint density at radius 3 is 2.74 bits per heavy atom. The third-order valence-corrected chi connectivity index (χ3v) is 4.51. The molecule has 4 heteroatoms. The molecule has 0 N–H and O–H groups in total. The first-order chi connectivity index (χ1) is 10.9. The molecule has 1 aliphatic heterocycles. The van der Waals surface area contributed by atoms with E-state index in [1.165, 1.54) is 11.3 Å². The highest BCUT2D eigenvalue weighted by Crippen LogP contribution is 2.38. The highest BCUT2D eigenvalue weighted by Gasteiger charge is 2.25. The van der Waals surface area contributed by atoms with Crippen molar-refractivity contribution in [3.8, 4) is 0 Å². The van der Waals surface area contributed by atoms with Crippen LogP contribution in [0.5, 0.6) is 0 Å². The largest absolute Gasteiger partial charge is 0.461 e. The quantitative estimate of drug-likeness (QED) is 0.596. The number of hydrogen-bond donors (Lipinski definition) is 0. The van der Waals surface area contributed by atoms with Gasteiger partial charge in [0.2, 0.25) is 5.83 Å². The first kappa shape index (κ1) is 17.5. The van der Waals surface area contributed by atoms with Gasteiger partial charge in [-0.25, -0.2) is 4.79 Å². The Morgan fingerprint density at radius 2 is 2.13 bits per heavy atom. The van der Waals surface area contributed by atoms with E-state index in [-0.39, 0.29) is 6.61 Å². The van der Waals surface area contributed by atoms with Gasteiger partial charge < -0.3 is 9.64 Å².